The average molecular weight is 531 g/mol. The van der Waals surface area contributed by atoms with Crippen LogP contribution in [-0.2, 0) is 17.8 Å². The Morgan fingerprint density at radius 3 is 2.66 bits per heavy atom. The molecule has 1 saturated carbocycles. The third-order valence-corrected chi connectivity index (χ3v) is 6.82. The maximum atomic E-state index is 13.5. The molecule has 0 unspecified atom stereocenters. The zero-order valence-corrected chi connectivity index (χ0v) is 21.2. The first-order chi connectivity index (χ1) is 18.0. The van der Waals surface area contributed by atoms with Crippen molar-refractivity contribution >= 4 is 22.6 Å². The summed E-state index contributed by atoms with van der Waals surface area (Å²) in [5.41, 5.74) is -0.727. The minimum atomic E-state index is -4.55. The van der Waals surface area contributed by atoms with E-state index in [2.05, 4.69) is 4.99 Å². The van der Waals surface area contributed by atoms with Crippen molar-refractivity contribution in [3.8, 4) is 17.2 Å². The van der Waals surface area contributed by atoms with Gasteiger partial charge in [-0.25, -0.2) is 9.79 Å². The number of rotatable bonds is 10. The van der Waals surface area contributed by atoms with E-state index in [-0.39, 0.29) is 18.0 Å². The average Bonchev–Trinajstić information content (AvgIpc) is 3.58. The van der Waals surface area contributed by atoms with Crippen molar-refractivity contribution in [3.63, 3.8) is 0 Å². The van der Waals surface area contributed by atoms with Crippen LogP contribution in [0.4, 0.5) is 13.2 Å². The Morgan fingerprint density at radius 1 is 1.16 bits per heavy atom. The van der Waals surface area contributed by atoms with Crippen LogP contribution in [0.5, 0.6) is 17.2 Å². The molecule has 1 N–H and O–H groups in total. The van der Waals surface area contributed by atoms with Gasteiger partial charge in [-0.15, -0.1) is 0 Å². The SMILES string of the molecule is CC(C)(Oc1cccc2c1ccn2CCCOc1ccc2c(c1CC1CC1)OCN=C2C(F)(F)F)C(=O)O. The number of carbonyl (C=O) groups is 1. The zero-order valence-electron chi connectivity index (χ0n) is 21.2. The van der Waals surface area contributed by atoms with Crippen LogP contribution in [-0.4, -0.2) is 46.5 Å². The van der Waals surface area contributed by atoms with Crippen molar-refractivity contribution in [1.82, 2.24) is 4.57 Å². The highest BCUT2D eigenvalue weighted by Crippen LogP contribution is 2.43. The molecule has 1 fully saturated rings. The number of hydrogen-bond donors (Lipinski definition) is 1. The summed E-state index contributed by atoms with van der Waals surface area (Å²) in [6, 6.07) is 10.4. The Kier molecular flexibility index (Phi) is 6.75. The lowest BCUT2D eigenvalue weighted by Crippen LogP contribution is -2.37. The van der Waals surface area contributed by atoms with Gasteiger partial charge in [0.2, 0.25) is 0 Å². The number of benzene rings is 2. The van der Waals surface area contributed by atoms with E-state index in [0.717, 1.165) is 23.7 Å². The van der Waals surface area contributed by atoms with Crippen LogP contribution in [0, 0.1) is 5.92 Å². The maximum absolute atomic E-state index is 13.5. The lowest BCUT2D eigenvalue weighted by molar-refractivity contribution is -0.152. The number of carboxylic acid groups (broad SMARTS) is 1. The summed E-state index contributed by atoms with van der Waals surface area (Å²) in [6.45, 7) is 3.63. The molecule has 0 bridgehead atoms. The summed E-state index contributed by atoms with van der Waals surface area (Å²) in [5, 5.41) is 10.2. The Balaban J connectivity index is 1.29. The van der Waals surface area contributed by atoms with Gasteiger partial charge in [0.15, 0.2) is 18.0 Å². The van der Waals surface area contributed by atoms with Crippen molar-refractivity contribution in [2.24, 2.45) is 10.9 Å². The molecule has 1 aromatic heterocycles. The summed E-state index contributed by atoms with van der Waals surface area (Å²) in [4.78, 5) is 15.0. The number of aryl methyl sites for hydroxylation is 1. The fraction of sp³-hybridized carbons (Fsp3) is 0.429. The number of aromatic nitrogens is 1. The highest BCUT2D eigenvalue weighted by Gasteiger charge is 2.41. The molecule has 1 aliphatic carbocycles. The number of hydrogen-bond acceptors (Lipinski definition) is 5. The van der Waals surface area contributed by atoms with E-state index in [1.165, 1.54) is 19.9 Å². The number of carboxylic acids is 1. The standard InChI is InChI=1S/C28H29F3N2O5/c1-27(2,26(34)35)38-23-6-3-5-21-18(23)11-13-33(21)12-4-14-36-22-10-9-19-24(20(22)15-17-7-8-17)37-16-32-25(19)28(29,30)31/h3,5-6,9-11,13,17H,4,7-8,12,14-16H2,1-2H3,(H,34,35). The first kappa shape index (κ1) is 25.9. The topological polar surface area (TPSA) is 82.3 Å². The second-order valence-corrected chi connectivity index (χ2v) is 10.2. The highest BCUT2D eigenvalue weighted by molar-refractivity contribution is 6.07. The number of fused-ring (bicyclic) bond motifs is 2. The van der Waals surface area contributed by atoms with E-state index in [1.54, 1.807) is 12.1 Å². The molecule has 2 aromatic carbocycles. The van der Waals surface area contributed by atoms with E-state index in [4.69, 9.17) is 14.2 Å². The molecule has 1 aliphatic heterocycles. The molecule has 3 aromatic rings. The number of ether oxygens (including phenoxy) is 3. The van der Waals surface area contributed by atoms with Gasteiger partial charge in [0.25, 0.3) is 0 Å². The van der Waals surface area contributed by atoms with Gasteiger partial charge in [0.05, 0.1) is 12.1 Å². The third kappa shape index (κ3) is 5.30. The molecular formula is C28H29F3N2O5. The molecular weight excluding hydrogens is 501 g/mol. The molecule has 2 aliphatic rings. The van der Waals surface area contributed by atoms with Crippen molar-refractivity contribution in [2.45, 2.75) is 57.9 Å². The normalized spacial score (nSPS) is 15.6. The second kappa shape index (κ2) is 9.89. The van der Waals surface area contributed by atoms with Gasteiger partial charge < -0.3 is 23.9 Å². The molecule has 0 atom stereocenters. The second-order valence-electron chi connectivity index (χ2n) is 10.2. The Bertz CT molecular complexity index is 1390. The predicted molar refractivity (Wildman–Crippen MR) is 135 cm³/mol. The van der Waals surface area contributed by atoms with E-state index in [9.17, 15) is 23.1 Å². The fourth-order valence-electron chi connectivity index (χ4n) is 4.60. The van der Waals surface area contributed by atoms with Crippen LogP contribution in [0.3, 0.4) is 0 Å². The monoisotopic (exact) mass is 530 g/mol. The van der Waals surface area contributed by atoms with Gasteiger partial charge in [-0.3, -0.25) is 0 Å². The van der Waals surface area contributed by atoms with Gasteiger partial charge in [-0.05, 0) is 75.8 Å². The number of aliphatic carboxylic acids is 1. The number of alkyl halides is 3. The number of aliphatic imine (C=N–C) groups is 1. The van der Waals surface area contributed by atoms with Crippen LogP contribution in [0.25, 0.3) is 10.9 Å². The highest BCUT2D eigenvalue weighted by atomic mass is 19.4. The van der Waals surface area contributed by atoms with Crippen LogP contribution in [0.15, 0.2) is 47.6 Å². The van der Waals surface area contributed by atoms with Crippen molar-refractivity contribution in [1.29, 1.82) is 0 Å². The molecule has 38 heavy (non-hydrogen) atoms. The molecule has 7 nitrogen and oxygen atoms in total. The summed E-state index contributed by atoms with van der Waals surface area (Å²) >= 11 is 0. The van der Waals surface area contributed by atoms with Crippen molar-refractivity contribution < 1.29 is 37.3 Å². The number of nitrogens with zero attached hydrogens (tertiary/aromatic N) is 2. The summed E-state index contributed by atoms with van der Waals surface area (Å²) in [7, 11) is 0. The molecule has 202 valence electrons. The molecule has 10 heteroatoms. The van der Waals surface area contributed by atoms with Gasteiger partial charge in [0, 0.05) is 29.3 Å². The minimum Gasteiger partial charge on any atom is -0.493 e. The van der Waals surface area contributed by atoms with E-state index >= 15 is 0 Å². The molecule has 2 heterocycles. The molecule has 0 radical (unpaired) electrons. The Labute approximate surface area is 217 Å². The van der Waals surface area contributed by atoms with E-state index < -0.39 is 23.5 Å². The lowest BCUT2D eigenvalue weighted by atomic mass is 9.98. The molecule has 0 saturated heterocycles. The van der Waals surface area contributed by atoms with Gasteiger partial charge >= 0.3 is 12.1 Å². The van der Waals surface area contributed by atoms with E-state index in [0.29, 0.717) is 49.0 Å². The first-order valence-electron chi connectivity index (χ1n) is 12.6. The zero-order chi connectivity index (χ0) is 27.1. The Hall–Kier alpha value is -3.69. The largest absolute Gasteiger partial charge is 0.493 e. The Morgan fingerprint density at radius 2 is 1.95 bits per heavy atom. The van der Waals surface area contributed by atoms with Crippen molar-refractivity contribution in [2.75, 3.05) is 13.3 Å². The molecule has 5 rings (SSSR count). The summed E-state index contributed by atoms with van der Waals surface area (Å²) in [5.74, 6) is 0.634. The fourth-order valence-corrected chi connectivity index (χ4v) is 4.60. The third-order valence-electron chi connectivity index (χ3n) is 6.82. The van der Waals surface area contributed by atoms with E-state index in [1.807, 2.05) is 29.0 Å². The summed E-state index contributed by atoms with van der Waals surface area (Å²) < 4.78 is 60.0. The minimum absolute atomic E-state index is 0.0327. The number of halogens is 3. The van der Waals surface area contributed by atoms with Crippen LogP contribution in [0.2, 0.25) is 0 Å². The van der Waals surface area contributed by atoms with Crippen LogP contribution < -0.4 is 14.2 Å². The molecule has 0 amide bonds. The quantitative estimate of drug-likeness (QED) is 0.325. The lowest BCUT2D eigenvalue weighted by Gasteiger charge is -2.24. The molecule has 0 spiro atoms. The van der Waals surface area contributed by atoms with Crippen LogP contribution >= 0.6 is 0 Å². The predicted octanol–water partition coefficient (Wildman–Crippen LogP) is 6.01. The van der Waals surface area contributed by atoms with Gasteiger partial charge in [-0.2, -0.15) is 13.2 Å². The van der Waals surface area contributed by atoms with Gasteiger partial charge in [-0.1, -0.05) is 6.07 Å². The van der Waals surface area contributed by atoms with Crippen LogP contribution in [0.1, 0.15) is 44.2 Å². The van der Waals surface area contributed by atoms with Gasteiger partial charge in [0.1, 0.15) is 17.2 Å². The summed E-state index contributed by atoms with van der Waals surface area (Å²) in [6.07, 6.45) is 0.700. The first-order valence-corrected chi connectivity index (χ1v) is 12.6. The maximum Gasteiger partial charge on any atom is 0.433 e. The van der Waals surface area contributed by atoms with Crippen molar-refractivity contribution in [3.05, 3.63) is 53.7 Å². The smallest absolute Gasteiger partial charge is 0.433 e.